The van der Waals surface area contributed by atoms with E-state index in [-0.39, 0.29) is 17.5 Å². The van der Waals surface area contributed by atoms with Gasteiger partial charge < -0.3 is 9.64 Å². The number of nitrogens with zero attached hydrogens (tertiary/aromatic N) is 3. The number of carbonyl (C=O) groups is 1. The maximum Gasteiger partial charge on any atom is 0.323 e. The zero-order chi connectivity index (χ0) is 16.4. The van der Waals surface area contributed by atoms with E-state index in [1.54, 1.807) is 18.3 Å². The van der Waals surface area contributed by atoms with E-state index in [0.717, 1.165) is 32.6 Å². The van der Waals surface area contributed by atoms with Crippen molar-refractivity contribution in [3.63, 3.8) is 0 Å². The second kappa shape index (κ2) is 6.20. The van der Waals surface area contributed by atoms with E-state index in [9.17, 15) is 4.79 Å². The molecule has 0 radical (unpaired) electrons. The van der Waals surface area contributed by atoms with Crippen LogP contribution in [-0.2, 0) is 4.74 Å². The maximum atomic E-state index is 12.7. The van der Waals surface area contributed by atoms with E-state index in [2.05, 4.69) is 27.6 Å². The van der Waals surface area contributed by atoms with Crippen molar-refractivity contribution < 1.29 is 9.53 Å². The van der Waals surface area contributed by atoms with Crippen LogP contribution in [0.3, 0.4) is 0 Å². The van der Waals surface area contributed by atoms with Crippen LogP contribution in [0, 0.1) is 5.41 Å². The first kappa shape index (κ1) is 15.1. The van der Waals surface area contributed by atoms with Gasteiger partial charge in [0.05, 0.1) is 6.04 Å². The number of carbonyl (C=O) groups excluding carboxylic acids is 1. The molecular formula is C18H20N4O2. The van der Waals surface area contributed by atoms with Gasteiger partial charge in [-0.05, 0) is 30.5 Å². The van der Waals surface area contributed by atoms with E-state index >= 15 is 0 Å². The molecule has 1 unspecified atom stereocenters. The largest absolute Gasteiger partial charge is 0.381 e. The summed E-state index contributed by atoms with van der Waals surface area (Å²) in [5.74, 6) is 0.474. The normalized spacial score (nSPS) is 22.0. The van der Waals surface area contributed by atoms with Crippen LogP contribution in [0.25, 0.3) is 0 Å². The average molecular weight is 324 g/mol. The molecule has 0 bridgehead atoms. The monoisotopic (exact) mass is 324 g/mol. The van der Waals surface area contributed by atoms with E-state index in [1.165, 1.54) is 5.56 Å². The lowest BCUT2D eigenvalue weighted by Crippen LogP contribution is -2.63. The first-order valence-corrected chi connectivity index (χ1v) is 8.27. The van der Waals surface area contributed by atoms with Crippen molar-refractivity contribution in [2.75, 3.05) is 25.1 Å². The van der Waals surface area contributed by atoms with Gasteiger partial charge in [-0.15, -0.1) is 5.10 Å². The first-order valence-electron chi connectivity index (χ1n) is 8.27. The summed E-state index contributed by atoms with van der Waals surface area (Å²) < 4.78 is 5.54. The molecule has 2 fully saturated rings. The number of nitrogens with one attached hydrogen (secondary N) is 1. The molecule has 2 aliphatic heterocycles. The molecule has 2 amide bonds. The van der Waals surface area contributed by atoms with Crippen LogP contribution in [0.5, 0.6) is 0 Å². The van der Waals surface area contributed by atoms with Gasteiger partial charge in [-0.1, -0.05) is 30.3 Å². The number of likely N-dealkylation sites (tertiary alicyclic amines) is 1. The Morgan fingerprint density at radius 1 is 1.17 bits per heavy atom. The molecule has 1 aromatic heterocycles. The third kappa shape index (κ3) is 2.63. The zero-order valence-electron chi connectivity index (χ0n) is 13.4. The van der Waals surface area contributed by atoms with Crippen LogP contribution < -0.4 is 5.32 Å². The van der Waals surface area contributed by atoms with Crippen molar-refractivity contribution in [1.29, 1.82) is 0 Å². The predicted molar refractivity (Wildman–Crippen MR) is 89.4 cm³/mol. The minimum absolute atomic E-state index is 0.0827. The maximum absolute atomic E-state index is 12.7. The van der Waals surface area contributed by atoms with Crippen LogP contribution in [0.2, 0.25) is 0 Å². The van der Waals surface area contributed by atoms with Gasteiger partial charge in [0, 0.05) is 31.4 Å². The Labute approximate surface area is 140 Å². The molecular weight excluding hydrogens is 304 g/mol. The summed E-state index contributed by atoms with van der Waals surface area (Å²) in [4.78, 5) is 14.6. The molecule has 1 atom stereocenters. The highest BCUT2D eigenvalue weighted by atomic mass is 16.5. The molecule has 0 aliphatic carbocycles. The van der Waals surface area contributed by atoms with Gasteiger partial charge in [0.2, 0.25) is 0 Å². The van der Waals surface area contributed by atoms with Crippen molar-refractivity contribution in [3.8, 4) is 0 Å². The molecule has 6 heteroatoms. The molecule has 24 heavy (non-hydrogen) atoms. The lowest BCUT2D eigenvalue weighted by atomic mass is 9.64. The van der Waals surface area contributed by atoms with E-state index in [4.69, 9.17) is 4.74 Å². The highest BCUT2D eigenvalue weighted by Gasteiger charge is 2.55. The minimum Gasteiger partial charge on any atom is -0.381 e. The van der Waals surface area contributed by atoms with Crippen molar-refractivity contribution in [2.45, 2.75) is 18.9 Å². The predicted octanol–water partition coefficient (Wildman–Crippen LogP) is 2.86. The molecule has 2 aromatic rings. The minimum atomic E-state index is -0.124. The van der Waals surface area contributed by atoms with E-state index < -0.39 is 0 Å². The summed E-state index contributed by atoms with van der Waals surface area (Å²) in [6, 6.07) is 13.7. The van der Waals surface area contributed by atoms with E-state index in [1.807, 2.05) is 23.1 Å². The third-order valence-electron chi connectivity index (χ3n) is 5.05. The fraction of sp³-hybridized carbons (Fsp3) is 0.389. The quantitative estimate of drug-likeness (QED) is 0.922. The van der Waals surface area contributed by atoms with Gasteiger partial charge in [-0.2, -0.15) is 5.10 Å². The fourth-order valence-corrected chi connectivity index (χ4v) is 3.85. The summed E-state index contributed by atoms with van der Waals surface area (Å²) >= 11 is 0. The van der Waals surface area contributed by atoms with Crippen molar-refractivity contribution in [3.05, 3.63) is 54.2 Å². The topological polar surface area (TPSA) is 67.4 Å². The van der Waals surface area contributed by atoms with Gasteiger partial charge in [0.15, 0.2) is 5.82 Å². The number of benzene rings is 1. The number of amides is 2. The average Bonchev–Trinajstić information content (AvgIpc) is 2.62. The Hall–Kier alpha value is -2.47. The number of urea groups is 1. The lowest BCUT2D eigenvalue weighted by molar-refractivity contribution is -0.109. The van der Waals surface area contributed by atoms with Gasteiger partial charge >= 0.3 is 6.03 Å². The number of hydrogen-bond donors (Lipinski definition) is 1. The molecule has 4 rings (SSSR count). The van der Waals surface area contributed by atoms with Crippen molar-refractivity contribution >= 4 is 11.8 Å². The molecule has 0 saturated carbocycles. The third-order valence-corrected chi connectivity index (χ3v) is 5.05. The van der Waals surface area contributed by atoms with Crippen LogP contribution >= 0.6 is 0 Å². The number of anilines is 1. The summed E-state index contributed by atoms with van der Waals surface area (Å²) in [6.45, 7) is 2.29. The Morgan fingerprint density at radius 2 is 1.96 bits per heavy atom. The molecule has 1 spiro atoms. The lowest BCUT2D eigenvalue weighted by Gasteiger charge is -2.59. The Morgan fingerprint density at radius 3 is 2.67 bits per heavy atom. The van der Waals surface area contributed by atoms with Gasteiger partial charge in [-0.25, -0.2) is 4.79 Å². The van der Waals surface area contributed by atoms with Crippen LogP contribution in [0.1, 0.15) is 24.4 Å². The first-order chi connectivity index (χ1) is 11.8. The molecule has 2 saturated heterocycles. The fourth-order valence-electron chi connectivity index (χ4n) is 3.85. The number of rotatable bonds is 2. The van der Waals surface area contributed by atoms with Gasteiger partial charge in [0.25, 0.3) is 0 Å². The number of aromatic nitrogens is 2. The van der Waals surface area contributed by atoms with Crippen molar-refractivity contribution in [2.24, 2.45) is 5.41 Å². The summed E-state index contributed by atoms with van der Waals surface area (Å²) in [5, 5.41) is 10.6. The molecule has 124 valence electrons. The number of ether oxygens (including phenoxy) is 1. The SMILES string of the molecule is O=C(Nc1cccnn1)N1CC2(CCOCC2)C1c1ccccc1. The van der Waals surface area contributed by atoms with Gasteiger partial charge in [0.1, 0.15) is 0 Å². The highest BCUT2D eigenvalue weighted by Crippen LogP contribution is 2.54. The Bertz CT molecular complexity index is 701. The Balaban J connectivity index is 1.57. The molecule has 1 N–H and O–H groups in total. The highest BCUT2D eigenvalue weighted by molar-refractivity contribution is 5.89. The summed E-state index contributed by atoms with van der Waals surface area (Å²) in [5.41, 5.74) is 1.30. The smallest absolute Gasteiger partial charge is 0.323 e. The van der Waals surface area contributed by atoms with Gasteiger partial charge in [-0.3, -0.25) is 5.32 Å². The van der Waals surface area contributed by atoms with Crippen LogP contribution in [0.15, 0.2) is 48.7 Å². The zero-order valence-corrected chi connectivity index (χ0v) is 13.4. The van der Waals surface area contributed by atoms with Crippen LogP contribution in [0.4, 0.5) is 10.6 Å². The second-order valence-corrected chi connectivity index (χ2v) is 6.45. The molecule has 2 aliphatic rings. The summed E-state index contributed by atoms with van der Waals surface area (Å²) in [7, 11) is 0. The summed E-state index contributed by atoms with van der Waals surface area (Å²) in [6.07, 6.45) is 3.56. The number of hydrogen-bond acceptors (Lipinski definition) is 4. The standard InChI is InChI=1S/C18H20N4O2/c23-17(20-15-7-4-10-19-21-15)22-13-18(8-11-24-12-9-18)16(22)14-5-2-1-3-6-14/h1-7,10,16H,8-9,11-13H2,(H,20,21,23). The Kier molecular flexibility index (Phi) is 3.90. The molecule has 6 nitrogen and oxygen atoms in total. The van der Waals surface area contributed by atoms with Crippen molar-refractivity contribution in [1.82, 2.24) is 15.1 Å². The second-order valence-electron chi connectivity index (χ2n) is 6.45. The molecule has 3 heterocycles. The van der Waals surface area contributed by atoms with Crippen LogP contribution in [-0.4, -0.2) is 40.9 Å². The molecule has 1 aromatic carbocycles. The van der Waals surface area contributed by atoms with E-state index in [0.29, 0.717) is 5.82 Å².